The quantitative estimate of drug-likeness (QED) is 0.722. The second kappa shape index (κ2) is 6.01. The van der Waals surface area contributed by atoms with Crippen LogP contribution in [0.5, 0.6) is 5.75 Å². The minimum absolute atomic E-state index is 0.100. The summed E-state index contributed by atoms with van der Waals surface area (Å²) < 4.78 is 2.38. The van der Waals surface area contributed by atoms with Crippen molar-refractivity contribution in [3.8, 4) is 5.75 Å². The number of aryl methyl sites for hydroxylation is 2. The van der Waals surface area contributed by atoms with Gasteiger partial charge in [0.1, 0.15) is 11.4 Å². The summed E-state index contributed by atoms with van der Waals surface area (Å²) in [5.74, 6) is -1.18. The summed E-state index contributed by atoms with van der Waals surface area (Å²) in [5.41, 5.74) is 5.90. The van der Waals surface area contributed by atoms with Crippen LogP contribution in [-0.2, 0) is 7.05 Å². The van der Waals surface area contributed by atoms with Crippen LogP contribution in [0.3, 0.4) is 0 Å². The Morgan fingerprint density at radius 1 is 1.19 bits per heavy atom. The molecule has 0 fully saturated rings. The van der Waals surface area contributed by atoms with Crippen LogP contribution in [0.1, 0.15) is 26.4 Å². The smallest absolute Gasteiger partial charge is 0.286 e. The van der Waals surface area contributed by atoms with E-state index in [2.05, 4.69) is 26.8 Å². The van der Waals surface area contributed by atoms with Gasteiger partial charge in [0, 0.05) is 17.7 Å². The molecule has 0 saturated heterocycles. The first-order valence-corrected chi connectivity index (χ1v) is 6.90. The number of benzene rings is 1. The van der Waals surface area contributed by atoms with Gasteiger partial charge in [-0.1, -0.05) is 11.6 Å². The third kappa shape index (κ3) is 3.43. The van der Waals surface area contributed by atoms with E-state index < -0.39 is 11.8 Å². The number of phenolic OH excluding ortho intramolecular Hbond substituents is 1. The number of phenols is 1. The van der Waals surface area contributed by atoms with Crippen LogP contribution in [0.4, 0.5) is 0 Å². The van der Waals surface area contributed by atoms with Crippen molar-refractivity contribution < 1.29 is 14.7 Å². The summed E-state index contributed by atoms with van der Waals surface area (Å²) in [6, 6.07) is 6.29. The van der Waals surface area contributed by atoms with Gasteiger partial charge in [-0.25, -0.2) is 0 Å². The molecule has 0 radical (unpaired) electrons. The number of hydrazine groups is 1. The molecule has 2 amide bonds. The summed E-state index contributed by atoms with van der Waals surface area (Å²) in [7, 11) is 1.72. The predicted molar refractivity (Wildman–Crippen MR) is 80.9 cm³/mol. The highest BCUT2D eigenvalue weighted by Gasteiger charge is 2.14. The SMILES string of the molecule is Cc1ccc(O)c(C(=O)NNC(=O)c2cc(Br)cn2C)c1. The van der Waals surface area contributed by atoms with Crippen LogP contribution in [0.2, 0.25) is 0 Å². The maximum Gasteiger partial charge on any atom is 0.286 e. The fraction of sp³-hybridized carbons (Fsp3) is 0.143. The Hall–Kier alpha value is -2.28. The maximum absolute atomic E-state index is 11.9. The fourth-order valence-electron chi connectivity index (χ4n) is 1.83. The normalized spacial score (nSPS) is 10.2. The van der Waals surface area contributed by atoms with Crippen molar-refractivity contribution in [1.29, 1.82) is 0 Å². The minimum Gasteiger partial charge on any atom is -0.507 e. The second-order valence-electron chi connectivity index (χ2n) is 4.58. The van der Waals surface area contributed by atoms with Crippen molar-refractivity contribution in [2.24, 2.45) is 7.05 Å². The summed E-state index contributed by atoms with van der Waals surface area (Å²) in [4.78, 5) is 23.9. The average molecular weight is 352 g/mol. The van der Waals surface area contributed by atoms with Crippen molar-refractivity contribution in [2.75, 3.05) is 0 Å². The number of halogens is 1. The zero-order valence-corrected chi connectivity index (χ0v) is 13.1. The number of carbonyl (C=O) groups excluding carboxylic acids is 2. The molecule has 0 spiro atoms. The van der Waals surface area contributed by atoms with Crippen LogP contribution in [0.25, 0.3) is 0 Å². The molecule has 0 aliphatic carbocycles. The third-order valence-corrected chi connectivity index (χ3v) is 3.32. The molecule has 6 nitrogen and oxygen atoms in total. The molecule has 0 aliphatic rings. The lowest BCUT2D eigenvalue weighted by atomic mass is 10.1. The first-order chi connectivity index (χ1) is 9.88. The average Bonchev–Trinajstić information content (AvgIpc) is 2.77. The molecule has 0 atom stereocenters. The molecule has 0 saturated carbocycles. The summed E-state index contributed by atoms with van der Waals surface area (Å²) in [6.07, 6.45) is 1.73. The van der Waals surface area contributed by atoms with E-state index in [0.717, 1.165) is 10.0 Å². The standard InChI is InChI=1S/C14H14BrN3O3/c1-8-3-4-12(19)10(5-8)13(20)16-17-14(21)11-6-9(15)7-18(11)2/h3-7,19H,1-2H3,(H,16,20)(H,17,21). The fourth-order valence-corrected chi connectivity index (χ4v) is 2.35. The van der Waals surface area contributed by atoms with Crippen molar-refractivity contribution in [3.05, 3.63) is 51.8 Å². The van der Waals surface area contributed by atoms with Gasteiger partial charge in [0.15, 0.2) is 0 Å². The lowest BCUT2D eigenvalue weighted by molar-refractivity contribution is 0.0840. The molecular weight excluding hydrogens is 338 g/mol. The Morgan fingerprint density at radius 2 is 1.86 bits per heavy atom. The van der Waals surface area contributed by atoms with E-state index in [1.54, 1.807) is 36.9 Å². The molecule has 110 valence electrons. The van der Waals surface area contributed by atoms with Gasteiger partial charge in [0.2, 0.25) is 0 Å². The Morgan fingerprint density at radius 3 is 2.48 bits per heavy atom. The highest BCUT2D eigenvalue weighted by molar-refractivity contribution is 9.10. The number of aromatic nitrogens is 1. The van der Waals surface area contributed by atoms with Gasteiger partial charge in [-0.3, -0.25) is 20.4 Å². The Bertz CT molecular complexity index is 709. The minimum atomic E-state index is -0.585. The number of amides is 2. The highest BCUT2D eigenvalue weighted by atomic mass is 79.9. The monoisotopic (exact) mass is 351 g/mol. The number of nitrogens with one attached hydrogen (secondary N) is 2. The Kier molecular flexibility index (Phi) is 4.32. The molecule has 2 rings (SSSR count). The predicted octanol–water partition coefficient (Wildman–Crippen LogP) is 1.88. The molecule has 3 N–H and O–H groups in total. The number of hydrogen-bond donors (Lipinski definition) is 3. The van der Waals surface area contributed by atoms with Crippen molar-refractivity contribution in [3.63, 3.8) is 0 Å². The first kappa shape index (κ1) is 15.1. The van der Waals surface area contributed by atoms with E-state index in [9.17, 15) is 14.7 Å². The van der Waals surface area contributed by atoms with E-state index in [1.807, 2.05) is 0 Å². The molecule has 1 aromatic heterocycles. The topological polar surface area (TPSA) is 83.4 Å². The molecular formula is C14H14BrN3O3. The second-order valence-corrected chi connectivity index (χ2v) is 5.50. The van der Waals surface area contributed by atoms with E-state index in [0.29, 0.717) is 5.69 Å². The summed E-state index contributed by atoms with van der Waals surface area (Å²) >= 11 is 3.26. The number of rotatable bonds is 2. The van der Waals surface area contributed by atoms with Crippen molar-refractivity contribution in [1.82, 2.24) is 15.4 Å². The van der Waals surface area contributed by atoms with Gasteiger partial charge in [0.05, 0.1) is 5.56 Å². The van der Waals surface area contributed by atoms with E-state index in [-0.39, 0.29) is 11.3 Å². The maximum atomic E-state index is 11.9. The third-order valence-electron chi connectivity index (χ3n) is 2.89. The van der Waals surface area contributed by atoms with Gasteiger partial charge in [0.25, 0.3) is 11.8 Å². The number of aromatic hydroxyl groups is 1. The van der Waals surface area contributed by atoms with Gasteiger partial charge < -0.3 is 9.67 Å². The first-order valence-electron chi connectivity index (χ1n) is 6.10. The summed E-state index contributed by atoms with van der Waals surface area (Å²) in [6.45, 7) is 1.80. The van der Waals surface area contributed by atoms with Crippen molar-refractivity contribution in [2.45, 2.75) is 6.92 Å². The zero-order chi connectivity index (χ0) is 15.6. The lowest BCUT2D eigenvalue weighted by Crippen LogP contribution is -2.42. The lowest BCUT2D eigenvalue weighted by Gasteiger charge is -2.09. The van der Waals surface area contributed by atoms with E-state index in [1.165, 1.54) is 12.1 Å². The zero-order valence-electron chi connectivity index (χ0n) is 11.5. The van der Waals surface area contributed by atoms with E-state index in [4.69, 9.17) is 0 Å². The van der Waals surface area contributed by atoms with Crippen LogP contribution in [0, 0.1) is 6.92 Å². The largest absolute Gasteiger partial charge is 0.507 e. The number of carbonyl (C=O) groups is 2. The Balaban J connectivity index is 2.06. The van der Waals surface area contributed by atoms with E-state index >= 15 is 0 Å². The van der Waals surface area contributed by atoms with Crippen molar-refractivity contribution >= 4 is 27.7 Å². The molecule has 0 aliphatic heterocycles. The molecule has 0 unspecified atom stereocenters. The van der Waals surface area contributed by atoms with Crippen LogP contribution >= 0.6 is 15.9 Å². The molecule has 7 heteroatoms. The van der Waals surface area contributed by atoms with Crippen LogP contribution in [-0.4, -0.2) is 21.5 Å². The highest BCUT2D eigenvalue weighted by Crippen LogP contribution is 2.17. The molecule has 1 heterocycles. The molecule has 21 heavy (non-hydrogen) atoms. The molecule has 1 aromatic carbocycles. The molecule has 2 aromatic rings. The van der Waals surface area contributed by atoms with Crippen LogP contribution < -0.4 is 10.9 Å². The number of hydrogen-bond acceptors (Lipinski definition) is 3. The van der Waals surface area contributed by atoms with Crippen LogP contribution in [0.15, 0.2) is 34.9 Å². The van der Waals surface area contributed by atoms with Gasteiger partial charge in [-0.05, 0) is 41.1 Å². The van der Waals surface area contributed by atoms with Gasteiger partial charge >= 0.3 is 0 Å². The molecule has 0 bridgehead atoms. The Labute approximate surface area is 129 Å². The van der Waals surface area contributed by atoms with Gasteiger partial charge in [-0.15, -0.1) is 0 Å². The number of nitrogens with zero attached hydrogens (tertiary/aromatic N) is 1. The van der Waals surface area contributed by atoms with Gasteiger partial charge in [-0.2, -0.15) is 0 Å². The summed E-state index contributed by atoms with van der Waals surface area (Å²) in [5, 5.41) is 9.65.